The summed E-state index contributed by atoms with van der Waals surface area (Å²) in [6, 6.07) is 16.1. The number of benzene rings is 2. The van der Waals surface area contributed by atoms with Crippen LogP contribution in [0.25, 0.3) is 0 Å². The molecule has 2 rings (SSSR count). The minimum absolute atomic E-state index is 0.0396. The van der Waals surface area contributed by atoms with Gasteiger partial charge in [0.15, 0.2) is 0 Å². The van der Waals surface area contributed by atoms with Crippen LogP contribution in [0.4, 0.5) is 5.69 Å². The first-order valence-corrected chi connectivity index (χ1v) is 8.82. The van der Waals surface area contributed by atoms with E-state index < -0.39 is 0 Å². The lowest BCUT2D eigenvalue weighted by Gasteiger charge is -2.10. The van der Waals surface area contributed by atoms with Gasteiger partial charge in [-0.25, -0.2) is 0 Å². The molecule has 2 aromatic rings. The van der Waals surface area contributed by atoms with Crippen LogP contribution in [-0.2, 0) is 17.6 Å². The van der Waals surface area contributed by atoms with E-state index in [0.717, 1.165) is 36.3 Å². The van der Waals surface area contributed by atoms with Crippen LogP contribution < -0.4 is 10.1 Å². The summed E-state index contributed by atoms with van der Waals surface area (Å²) in [5.74, 6) is 0.907. The Morgan fingerprint density at radius 3 is 2.50 bits per heavy atom. The summed E-state index contributed by atoms with van der Waals surface area (Å²) >= 11 is 0. The number of anilines is 1. The lowest BCUT2D eigenvalue weighted by molar-refractivity contribution is -0.116. The Labute approximate surface area is 145 Å². The number of ether oxygens (including phenoxy) is 1. The van der Waals surface area contributed by atoms with E-state index in [4.69, 9.17) is 4.74 Å². The molecule has 0 saturated carbocycles. The summed E-state index contributed by atoms with van der Waals surface area (Å²) in [6.07, 6.45) is 4.33. The number of carbonyl (C=O) groups is 1. The molecule has 0 heterocycles. The van der Waals surface area contributed by atoms with Crippen molar-refractivity contribution in [2.24, 2.45) is 0 Å². The number of aryl methyl sites for hydroxylation is 2. The number of amides is 1. The molecule has 24 heavy (non-hydrogen) atoms. The Balaban J connectivity index is 1.71. The highest BCUT2D eigenvalue weighted by Crippen LogP contribution is 2.16. The molecule has 0 radical (unpaired) electrons. The SMILES string of the molecule is CCCc1ccc(OCCCC(=O)Nc2ccccc2CC)cc1. The van der Waals surface area contributed by atoms with E-state index in [0.29, 0.717) is 19.4 Å². The van der Waals surface area contributed by atoms with Gasteiger partial charge in [0.25, 0.3) is 0 Å². The largest absolute Gasteiger partial charge is 0.494 e. The van der Waals surface area contributed by atoms with Crippen LogP contribution in [0.15, 0.2) is 48.5 Å². The second-order valence-corrected chi connectivity index (χ2v) is 5.90. The third-order valence-corrected chi connectivity index (χ3v) is 3.95. The van der Waals surface area contributed by atoms with E-state index in [1.165, 1.54) is 5.56 Å². The first-order valence-electron chi connectivity index (χ1n) is 8.82. The molecular weight excluding hydrogens is 298 g/mol. The zero-order valence-corrected chi connectivity index (χ0v) is 14.7. The van der Waals surface area contributed by atoms with E-state index >= 15 is 0 Å². The van der Waals surface area contributed by atoms with E-state index in [1.807, 2.05) is 36.4 Å². The molecule has 0 spiro atoms. The van der Waals surface area contributed by atoms with E-state index in [2.05, 4.69) is 31.3 Å². The molecule has 1 amide bonds. The molecule has 0 fully saturated rings. The normalized spacial score (nSPS) is 10.4. The van der Waals surface area contributed by atoms with Crippen LogP contribution in [0.2, 0.25) is 0 Å². The second kappa shape index (κ2) is 9.76. The molecule has 0 aliphatic rings. The fraction of sp³-hybridized carbons (Fsp3) is 0.381. The summed E-state index contributed by atoms with van der Waals surface area (Å²) < 4.78 is 5.70. The lowest BCUT2D eigenvalue weighted by atomic mass is 10.1. The van der Waals surface area contributed by atoms with Gasteiger partial charge in [0.2, 0.25) is 5.91 Å². The predicted molar refractivity (Wildman–Crippen MR) is 99.6 cm³/mol. The third kappa shape index (κ3) is 5.73. The quantitative estimate of drug-likeness (QED) is 0.659. The number of nitrogens with one attached hydrogen (secondary N) is 1. The Bertz CT molecular complexity index is 635. The van der Waals surface area contributed by atoms with Gasteiger partial charge >= 0.3 is 0 Å². The molecule has 0 unspecified atom stereocenters. The highest BCUT2D eigenvalue weighted by atomic mass is 16.5. The van der Waals surface area contributed by atoms with Crippen molar-refractivity contribution in [3.63, 3.8) is 0 Å². The molecule has 1 N–H and O–H groups in total. The topological polar surface area (TPSA) is 38.3 Å². The number of rotatable bonds is 9. The van der Waals surface area contributed by atoms with Gasteiger partial charge in [0, 0.05) is 12.1 Å². The molecule has 0 aromatic heterocycles. The summed E-state index contributed by atoms with van der Waals surface area (Å²) in [6.45, 7) is 4.81. The lowest BCUT2D eigenvalue weighted by Crippen LogP contribution is -2.14. The monoisotopic (exact) mass is 325 g/mol. The van der Waals surface area contributed by atoms with Gasteiger partial charge in [-0.05, 0) is 48.6 Å². The number of carbonyl (C=O) groups excluding carboxylic acids is 1. The fourth-order valence-corrected chi connectivity index (χ4v) is 2.63. The molecule has 0 aliphatic carbocycles. The smallest absolute Gasteiger partial charge is 0.224 e. The first-order chi connectivity index (χ1) is 11.7. The van der Waals surface area contributed by atoms with Crippen LogP contribution in [0.5, 0.6) is 5.75 Å². The first kappa shape index (κ1) is 18.1. The van der Waals surface area contributed by atoms with Crippen molar-refractivity contribution in [2.75, 3.05) is 11.9 Å². The zero-order valence-electron chi connectivity index (χ0n) is 14.7. The van der Waals surface area contributed by atoms with Gasteiger partial charge in [-0.3, -0.25) is 4.79 Å². The van der Waals surface area contributed by atoms with Crippen LogP contribution in [-0.4, -0.2) is 12.5 Å². The summed E-state index contributed by atoms with van der Waals surface area (Å²) in [5, 5.41) is 2.99. The average molecular weight is 325 g/mol. The maximum absolute atomic E-state index is 12.0. The van der Waals surface area contributed by atoms with Crippen molar-refractivity contribution in [3.05, 3.63) is 59.7 Å². The van der Waals surface area contributed by atoms with E-state index in [9.17, 15) is 4.79 Å². The standard InChI is InChI=1S/C21H27NO2/c1-3-8-17-12-14-19(15-13-17)24-16-7-11-21(23)22-20-10-6-5-9-18(20)4-2/h5-6,9-10,12-15H,3-4,7-8,11,16H2,1-2H3,(H,22,23). The Morgan fingerprint density at radius 1 is 1.04 bits per heavy atom. The third-order valence-electron chi connectivity index (χ3n) is 3.95. The molecule has 3 nitrogen and oxygen atoms in total. The summed E-state index contributed by atoms with van der Waals surface area (Å²) in [4.78, 5) is 12.0. The van der Waals surface area contributed by atoms with Crippen molar-refractivity contribution in [2.45, 2.75) is 46.0 Å². The minimum atomic E-state index is 0.0396. The molecule has 0 aliphatic heterocycles. The summed E-state index contributed by atoms with van der Waals surface area (Å²) in [5.41, 5.74) is 3.41. The van der Waals surface area contributed by atoms with Crippen LogP contribution in [0.3, 0.4) is 0 Å². The van der Waals surface area contributed by atoms with Crippen molar-refractivity contribution < 1.29 is 9.53 Å². The molecule has 0 saturated heterocycles. The maximum Gasteiger partial charge on any atom is 0.224 e. The zero-order chi connectivity index (χ0) is 17.2. The van der Waals surface area contributed by atoms with E-state index in [1.54, 1.807) is 0 Å². The van der Waals surface area contributed by atoms with Gasteiger partial charge in [-0.2, -0.15) is 0 Å². The van der Waals surface area contributed by atoms with Gasteiger partial charge in [-0.15, -0.1) is 0 Å². The van der Waals surface area contributed by atoms with Crippen LogP contribution in [0.1, 0.15) is 44.2 Å². The minimum Gasteiger partial charge on any atom is -0.494 e. The van der Waals surface area contributed by atoms with Gasteiger partial charge in [0.05, 0.1) is 6.61 Å². The van der Waals surface area contributed by atoms with Gasteiger partial charge in [0.1, 0.15) is 5.75 Å². The van der Waals surface area contributed by atoms with Gasteiger partial charge < -0.3 is 10.1 Å². The number of para-hydroxylation sites is 1. The molecule has 2 aromatic carbocycles. The maximum atomic E-state index is 12.0. The van der Waals surface area contributed by atoms with Crippen molar-refractivity contribution in [1.29, 1.82) is 0 Å². The van der Waals surface area contributed by atoms with Gasteiger partial charge in [-0.1, -0.05) is 50.6 Å². The second-order valence-electron chi connectivity index (χ2n) is 5.90. The van der Waals surface area contributed by atoms with E-state index in [-0.39, 0.29) is 5.91 Å². The van der Waals surface area contributed by atoms with Crippen molar-refractivity contribution >= 4 is 11.6 Å². The van der Waals surface area contributed by atoms with Crippen LogP contribution in [0, 0.1) is 0 Å². The Hall–Kier alpha value is -2.29. The van der Waals surface area contributed by atoms with Crippen LogP contribution >= 0.6 is 0 Å². The molecule has 128 valence electrons. The fourth-order valence-electron chi connectivity index (χ4n) is 2.63. The number of hydrogen-bond acceptors (Lipinski definition) is 2. The predicted octanol–water partition coefficient (Wildman–Crippen LogP) is 5.00. The Morgan fingerprint density at radius 2 is 1.79 bits per heavy atom. The van der Waals surface area contributed by atoms with Crippen molar-refractivity contribution in [3.8, 4) is 5.75 Å². The average Bonchev–Trinajstić information content (AvgIpc) is 2.61. The summed E-state index contributed by atoms with van der Waals surface area (Å²) in [7, 11) is 0. The molecule has 0 bridgehead atoms. The highest BCUT2D eigenvalue weighted by molar-refractivity contribution is 5.91. The molecule has 3 heteroatoms. The Kier molecular flexibility index (Phi) is 7.34. The molecular formula is C21H27NO2. The molecule has 0 atom stereocenters. The number of hydrogen-bond donors (Lipinski definition) is 1. The highest BCUT2D eigenvalue weighted by Gasteiger charge is 2.05. The van der Waals surface area contributed by atoms with Crippen molar-refractivity contribution in [1.82, 2.24) is 0 Å².